The molecule has 1 saturated carbocycles. The van der Waals surface area contributed by atoms with E-state index in [1.807, 2.05) is 6.33 Å². The molecule has 1 aliphatic carbocycles. The fourth-order valence-electron chi connectivity index (χ4n) is 2.05. The second kappa shape index (κ2) is 3.82. The van der Waals surface area contributed by atoms with Gasteiger partial charge >= 0.3 is 0 Å². The van der Waals surface area contributed by atoms with Gasteiger partial charge in [0.05, 0.1) is 6.33 Å². The Morgan fingerprint density at radius 3 is 2.62 bits per heavy atom. The van der Waals surface area contributed by atoms with Crippen LogP contribution in [-0.2, 0) is 0 Å². The molecule has 72 valence electrons. The highest BCUT2D eigenvalue weighted by Crippen LogP contribution is 2.31. The minimum Gasteiger partial charge on any atom is -0.333 e. The molecule has 0 N–H and O–H groups in total. The van der Waals surface area contributed by atoms with Crippen molar-refractivity contribution in [2.24, 2.45) is 5.92 Å². The van der Waals surface area contributed by atoms with Gasteiger partial charge in [-0.15, -0.1) is 0 Å². The molecule has 0 aromatic carbocycles. The second-order valence-corrected chi connectivity index (χ2v) is 4.87. The van der Waals surface area contributed by atoms with Gasteiger partial charge in [0.15, 0.2) is 0 Å². The van der Waals surface area contributed by atoms with Crippen molar-refractivity contribution in [2.75, 3.05) is 0 Å². The van der Waals surface area contributed by atoms with E-state index in [-0.39, 0.29) is 0 Å². The van der Waals surface area contributed by atoms with E-state index in [4.69, 9.17) is 0 Å². The lowest BCUT2D eigenvalue weighted by atomic mass is 9.87. The highest BCUT2D eigenvalue weighted by molar-refractivity contribution is 9.10. The Balaban J connectivity index is 2.02. The molecule has 0 saturated heterocycles. The van der Waals surface area contributed by atoms with Crippen LogP contribution in [0.1, 0.15) is 38.6 Å². The van der Waals surface area contributed by atoms with Crippen molar-refractivity contribution in [3.05, 3.63) is 17.1 Å². The van der Waals surface area contributed by atoms with Crippen LogP contribution in [0.4, 0.5) is 0 Å². The van der Waals surface area contributed by atoms with Gasteiger partial charge in [-0.05, 0) is 47.5 Å². The van der Waals surface area contributed by atoms with Gasteiger partial charge in [0.2, 0.25) is 0 Å². The van der Waals surface area contributed by atoms with Crippen molar-refractivity contribution in [3.63, 3.8) is 0 Å². The Hall–Kier alpha value is -0.310. The van der Waals surface area contributed by atoms with Gasteiger partial charge < -0.3 is 4.57 Å². The molecule has 1 heterocycles. The monoisotopic (exact) mass is 242 g/mol. The molecule has 0 radical (unpaired) electrons. The van der Waals surface area contributed by atoms with Crippen molar-refractivity contribution in [1.29, 1.82) is 0 Å². The molecule has 3 heteroatoms. The lowest BCUT2D eigenvalue weighted by molar-refractivity contribution is 0.289. The van der Waals surface area contributed by atoms with Gasteiger partial charge in [-0.1, -0.05) is 6.92 Å². The van der Waals surface area contributed by atoms with Gasteiger partial charge in [0, 0.05) is 12.2 Å². The van der Waals surface area contributed by atoms with Crippen molar-refractivity contribution in [2.45, 2.75) is 38.6 Å². The first kappa shape index (κ1) is 9.25. The van der Waals surface area contributed by atoms with Crippen LogP contribution in [0.15, 0.2) is 17.1 Å². The zero-order chi connectivity index (χ0) is 9.26. The Kier molecular flexibility index (Phi) is 2.72. The van der Waals surface area contributed by atoms with Crippen molar-refractivity contribution < 1.29 is 0 Å². The number of aromatic nitrogens is 2. The van der Waals surface area contributed by atoms with Crippen LogP contribution in [0.5, 0.6) is 0 Å². The molecule has 13 heavy (non-hydrogen) atoms. The summed E-state index contributed by atoms with van der Waals surface area (Å²) in [5, 5.41) is 0. The highest BCUT2D eigenvalue weighted by atomic mass is 79.9. The van der Waals surface area contributed by atoms with E-state index in [0.29, 0.717) is 6.04 Å². The van der Waals surface area contributed by atoms with Crippen LogP contribution in [0.3, 0.4) is 0 Å². The van der Waals surface area contributed by atoms with Crippen molar-refractivity contribution in [3.8, 4) is 0 Å². The van der Waals surface area contributed by atoms with Gasteiger partial charge in [-0.2, -0.15) is 0 Å². The van der Waals surface area contributed by atoms with E-state index < -0.39 is 0 Å². The molecule has 0 bridgehead atoms. The maximum atomic E-state index is 4.19. The van der Waals surface area contributed by atoms with E-state index in [1.165, 1.54) is 25.7 Å². The molecule has 0 aliphatic heterocycles. The first-order valence-electron chi connectivity index (χ1n) is 4.94. The second-order valence-electron chi connectivity index (χ2n) is 4.06. The van der Waals surface area contributed by atoms with E-state index in [9.17, 15) is 0 Å². The summed E-state index contributed by atoms with van der Waals surface area (Å²) in [6.07, 6.45) is 9.36. The minimum atomic E-state index is 0.690. The Morgan fingerprint density at radius 2 is 2.08 bits per heavy atom. The average molecular weight is 243 g/mol. The zero-order valence-corrected chi connectivity index (χ0v) is 9.50. The molecule has 0 unspecified atom stereocenters. The molecule has 2 nitrogen and oxygen atoms in total. The largest absolute Gasteiger partial charge is 0.333 e. The molecule has 2 rings (SSSR count). The van der Waals surface area contributed by atoms with Gasteiger partial charge in [0.25, 0.3) is 0 Å². The van der Waals surface area contributed by atoms with Gasteiger partial charge in [-0.3, -0.25) is 0 Å². The molecular formula is C10H15BrN2. The lowest BCUT2D eigenvalue weighted by Crippen LogP contribution is -2.15. The lowest BCUT2D eigenvalue weighted by Gasteiger charge is -2.26. The Bertz CT molecular complexity index is 274. The van der Waals surface area contributed by atoms with Gasteiger partial charge in [0.1, 0.15) is 4.60 Å². The molecule has 1 aromatic heterocycles. The first-order valence-corrected chi connectivity index (χ1v) is 5.74. The van der Waals surface area contributed by atoms with Crippen LogP contribution in [-0.4, -0.2) is 9.55 Å². The molecule has 1 aromatic rings. The summed E-state index contributed by atoms with van der Waals surface area (Å²) in [5.74, 6) is 0.920. The predicted octanol–water partition coefficient (Wildman–Crippen LogP) is 3.40. The van der Waals surface area contributed by atoms with Gasteiger partial charge in [-0.25, -0.2) is 4.98 Å². The summed E-state index contributed by atoms with van der Waals surface area (Å²) in [4.78, 5) is 4.19. The van der Waals surface area contributed by atoms with E-state index >= 15 is 0 Å². The van der Waals surface area contributed by atoms with E-state index in [0.717, 1.165) is 10.5 Å². The average Bonchev–Trinajstić information content (AvgIpc) is 2.53. The third-order valence-corrected chi connectivity index (χ3v) is 3.39. The number of nitrogens with zero attached hydrogens (tertiary/aromatic N) is 2. The summed E-state index contributed by atoms with van der Waals surface area (Å²) in [6.45, 7) is 2.35. The maximum absolute atomic E-state index is 4.19. The van der Waals surface area contributed by atoms with E-state index in [1.54, 1.807) is 0 Å². The number of halogens is 1. The summed E-state index contributed by atoms with van der Waals surface area (Å²) in [7, 11) is 0. The fraction of sp³-hybridized carbons (Fsp3) is 0.700. The number of hydrogen-bond donors (Lipinski definition) is 0. The maximum Gasteiger partial charge on any atom is 0.124 e. The molecular weight excluding hydrogens is 228 g/mol. The zero-order valence-electron chi connectivity index (χ0n) is 7.91. The first-order chi connectivity index (χ1) is 6.25. The van der Waals surface area contributed by atoms with Crippen molar-refractivity contribution >= 4 is 15.9 Å². The third-order valence-electron chi connectivity index (χ3n) is 2.98. The Morgan fingerprint density at radius 1 is 1.38 bits per heavy atom. The summed E-state index contributed by atoms with van der Waals surface area (Å²) in [6, 6.07) is 0.690. The number of rotatable bonds is 1. The number of hydrogen-bond acceptors (Lipinski definition) is 1. The molecule has 0 amide bonds. The normalized spacial score (nSPS) is 29.1. The number of imidazole rings is 1. The fourth-order valence-corrected chi connectivity index (χ4v) is 2.38. The quantitative estimate of drug-likeness (QED) is 0.739. The van der Waals surface area contributed by atoms with Crippen LogP contribution in [0.2, 0.25) is 0 Å². The summed E-state index contributed by atoms with van der Waals surface area (Å²) in [5.41, 5.74) is 0. The highest BCUT2D eigenvalue weighted by Gasteiger charge is 2.19. The SMILES string of the molecule is CC1CCC(n2cnc(Br)c2)CC1. The standard InChI is InChI=1S/C10H15BrN2/c1-8-2-4-9(5-3-8)13-6-10(11)12-7-13/h6-9H,2-5H2,1H3. The van der Waals surface area contributed by atoms with Crippen LogP contribution in [0, 0.1) is 5.92 Å². The molecule has 0 atom stereocenters. The summed E-state index contributed by atoms with van der Waals surface area (Å²) >= 11 is 3.38. The van der Waals surface area contributed by atoms with Crippen molar-refractivity contribution in [1.82, 2.24) is 9.55 Å². The molecule has 1 aliphatic rings. The molecule has 0 spiro atoms. The topological polar surface area (TPSA) is 17.8 Å². The Labute approximate surface area is 87.5 Å². The summed E-state index contributed by atoms with van der Waals surface area (Å²) < 4.78 is 3.20. The smallest absolute Gasteiger partial charge is 0.124 e. The van der Waals surface area contributed by atoms with Crippen LogP contribution >= 0.6 is 15.9 Å². The van der Waals surface area contributed by atoms with Crippen LogP contribution < -0.4 is 0 Å². The predicted molar refractivity (Wildman–Crippen MR) is 56.6 cm³/mol. The third kappa shape index (κ3) is 2.13. The van der Waals surface area contributed by atoms with Crippen LogP contribution in [0.25, 0.3) is 0 Å². The van der Waals surface area contributed by atoms with E-state index in [2.05, 4.69) is 38.6 Å². The minimum absolute atomic E-state index is 0.690. The molecule has 1 fully saturated rings.